The quantitative estimate of drug-likeness (QED) is 0.159. The number of hydrogen-bond acceptors (Lipinski definition) is 4. The van der Waals surface area contributed by atoms with Crippen LogP contribution in [0.15, 0.2) is 49.1 Å². The Bertz CT molecular complexity index is 1910. The topological polar surface area (TPSA) is 115 Å². The monoisotopic (exact) mass is 578 g/mol. The van der Waals surface area contributed by atoms with Gasteiger partial charge >= 0.3 is 12.4 Å². The van der Waals surface area contributed by atoms with Crippen molar-refractivity contribution in [1.82, 2.24) is 39.9 Å². The van der Waals surface area contributed by atoms with Crippen LogP contribution in [0, 0.1) is 0 Å². The number of halogens is 6. The lowest BCUT2D eigenvalue weighted by Gasteiger charge is -2.08. The van der Waals surface area contributed by atoms with Crippen LogP contribution in [0.25, 0.3) is 69.1 Å². The maximum Gasteiger partial charge on any atom is 0.420 e. The highest BCUT2D eigenvalue weighted by molar-refractivity contribution is 5.92. The average Bonchev–Trinajstić information content (AvgIpc) is 3.73. The van der Waals surface area contributed by atoms with Gasteiger partial charge in [-0.25, -0.2) is 19.9 Å². The van der Waals surface area contributed by atoms with Gasteiger partial charge in [0.1, 0.15) is 22.8 Å². The Morgan fingerprint density at radius 2 is 0.881 bits per heavy atom. The van der Waals surface area contributed by atoms with Crippen molar-refractivity contribution in [3.8, 4) is 22.8 Å². The van der Waals surface area contributed by atoms with Crippen LogP contribution in [0.4, 0.5) is 26.3 Å². The number of hydrogen-bond donors (Lipinski definition) is 4. The fraction of sp³-hybridized carbons (Fsp3) is 0.0714. The van der Waals surface area contributed by atoms with Crippen molar-refractivity contribution in [3.63, 3.8) is 0 Å². The molecule has 0 saturated heterocycles. The van der Waals surface area contributed by atoms with Crippen molar-refractivity contribution in [3.05, 3.63) is 83.0 Å². The maximum absolute atomic E-state index is 14.5. The smallest absolute Gasteiger partial charge is 0.354 e. The van der Waals surface area contributed by atoms with Crippen LogP contribution >= 0.6 is 0 Å². The summed E-state index contributed by atoms with van der Waals surface area (Å²) in [6.45, 7) is 0. The average molecular weight is 578 g/mol. The van der Waals surface area contributed by atoms with Gasteiger partial charge in [-0.1, -0.05) is 0 Å². The first-order valence-corrected chi connectivity index (χ1v) is 12.4. The molecule has 4 N–H and O–H groups in total. The highest BCUT2D eigenvalue weighted by atomic mass is 19.4. The number of H-pyrrole nitrogens is 4. The second kappa shape index (κ2) is 9.06. The third kappa shape index (κ3) is 4.19. The predicted octanol–water partition coefficient (Wildman–Crippen LogP) is 7.47. The molecule has 5 aromatic rings. The summed E-state index contributed by atoms with van der Waals surface area (Å²) in [6.07, 6.45) is 1.31. The number of rotatable bonds is 2. The fourth-order valence-electron chi connectivity index (χ4n) is 5.10. The van der Waals surface area contributed by atoms with Crippen molar-refractivity contribution >= 4 is 46.4 Å². The second-order valence-electron chi connectivity index (χ2n) is 9.37. The molecule has 5 aromatic heterocycles. The van der Waals surface area contributed by atoms with Gasteiger partial charge in [0, 0.05) is 24.8 Å². The minimum absolute atomic E-state index is 0.0686. The first-order valence-electron chi connectivity index (χ1n) is 12.4. The van der Waals surface area contributed by atoms with Gasteiger partial charge in [0.25, 0.3) is 0 Å². The van der Waals surface area contributed by atoms with Crippen molar-refractivity contribution in [2.75, 3.05) is 0 Å². The third-order valence-electron chi connectivity index (χ3n) is 6.79. The summed E-state index contributed by atoms with van der Waals surface area (Å²) >= 11 is 0. The Hall–Kier alpha value is -5.40. The molecule has 0 spiro atoms. The van der Waals surface area contributed by atoms with Crippen molar-refractivity contribution < 1.29 is 26.3 Å². The van der Waals surface area contributed by atoms with Crippen LogP contribution in [0.2, 0.25) is 0 Å². The van der Waals surface area contributed by atoms with E-state index < -0.39 is 23.5 Å². The lowest BCUT2D eigenvalue weighted by Crippen LogP contribution is -2.08. The van der Waals surface area contributed by atoms with Crippen molar-refractivity contribution in [1.29, 1.82) is 0 Å². The molecule has 0 aliphatic carbocycles. The van der Waals surface area contributed by atoms with Gasteiger partial charge in [-0.3, -0.25) is 0 Å². The summed E-state index contributed by atoms with van der Waals surface area (Å²) in [5.41, 5.74) is -2.60. The zero-order valence-corrected chi connectivity index (χ0v) is 21.0. The zero-order chi connectivity index (χ0) is 29.2. The number of alkyl halides is 6. The molecule has 0 saturated carbocycles. The Balaban J connectivity index is 1.72. The zero-order valence-electron chi connectivity index (χ0n) is 21.0. The number of nitrogens with one attached hydrogen (secondary N) is 4. The molecular formula is C28H16F6N8. The van der Waals surface area contributed by atoms with Gasteiger partial charge in [-0.2, -0.15) is 26.3 Å². The standard InChI is InChI=1S/C28H16F6N8/c29-27(30,31)23-17-5-1-13(39-17)21(25-35-9-10-36-25)14-2-6-19(40-14)24(28(32,33)34)20-8-4-16(42-20)22(26-37-11-12-38-26)15-3-7-18(23)41-15/h1-12,39,42H,(H,35,36)(H,37,38). The summed E-state index contributed by atoms with van der Waals surface area (Å²) in [5, 5.41) is 0. The molecule has 0 amide bonds. The summed E-state index contributed by atoms with van der Waals surface area (Å²) in [6, 6.07) is 5.25. The predicted molar refractivity (Wildman–Crippen MR) is 144 cm³/mol. The molecule has 0 aromatic carbocycles. The van der Waals surface area contributed by atoms with Gasteiger partial charge in [-0.05, 0) is 48.6 Å². The van der Waals surface area contributed by atoms with Gasteiger partial charge in [0.15, 0.2) is 0 Å². The lowest BCUT2D eigenvalue weighted by molar-refractivity contribution is -0.137. The highest BCUT2D eigenvalue weighted by Gasteiger charge is 2.37. The highest BCUT2D eigenvalue weighted by Crippen LogP contribution is 2.40. The largest absolute Gasteiger partial charge is 0.420 e. The van der Waals surface area contributed by atoms with E-state index in [1.165, 1.54) is 73.4 Å². The van der Waals surface area contributed by atoms with E-state index >= 15 is 0 Å². The fourth-order valence-corrected chi connectivity index (χ4v) is 5.10. The molecule has 42 heavy (non-hydrogen) atoms. The van der Waals surface area contributed by atoms with E-state index in [4.69, 9.17) is 0 Å². The van der Waals surface area contributed by atoms with Gasteiger partial charge in [0.2, 0.25) is 0 Å². The number of imidazole rings is 2. The Morgan fingerprint density at radius 1 is 0.500 bits per heavy atom. The van der Waals surface area contributed by atoms with Crippen molar-refractivity contribution in [2.45, 2.75) is 12.4 Å². The van der Waals surface area contributed by atoms with Crippen LogP contribution in [0.5, 0.6) is 0 Å². The number of aromatic amines is 4. The molecule has 14 heteroatoms. The van der Waals surface area contributed by atoms with Crippen LogP contribution < -0.4 is 0 Å². The SMILES string of the molecule is FC(F)(F)c1c2nc(c(-c3ncc[nH]3)c3ccc([nH]3)c(C(F)(F)F)c3nc(c(-c4ncc[nH]4)c4ccc1[nH]4)C=C3)C=C2. The van der Waals surface area contributed by atoms with E-state index in [0.717, 1.165) is 0 Å². The molecule has 2 aliphatic rings. The molecule has 2 aliphatic heterocycles. The first-order chi connectivity index (χ1) is 20.1. The summed E-state index contributed by atoms with van der Waals surface area (Å²) in [5.74, 6) is 0.398. The van der Waals surface area contributed by atoms with Crippen LogP contribution in [-0.4, -0.2) is 39.9 Å². The molecule has 0 radical (unpaired) electrons. The minimum Gasteiger partial charge on any atom is -0.354 e. The second-order valence-corrected chi connectivity index (χ2v) is 9.37. The summed E-state index contributed by atoms with van der Waals surface area (Å²) in [7, 11) is 0. The van der Waals surface area contributed by atoms with E-state index in [9.17, 15) is 26.3 Å². The first kappa shape index (κ1) is 25.6. The normalized spacial score (nSPS) is 13.3. The van der Waals surface area contributed by atoms with Gasteiger partial charge in [-0.15, -0.1) is 0 Å². The Kier molecular flexibility index (Phi) is 5.51. The molecular weight excluding hydrogens is 562 g/mol. The Labute approximate surface area is 231 Å². The summed E-state index contributed by atoms with van der Waals surface area (Å²) < 4.78 is 87.3. The molecule has 8 nitrogen and oxygen atoms in total. The van der Waals surface area contributed by atoms with E-state index in [1.54, 1.807) is 0 Å². The summed E-state index contributed by atoms with van der Waals surface area (Å²) in [4.78, 5) is 28.2. The van der Waals surface area contributed by atoms with Crippen molar-refractivity contribution in [2.24, 2.45) is 0 Å². The van der Waals surface area contributed by atoms with E-state index in [2.05, 4.69) is 39.9 Å². The van der Waals surface area contributed by atoms with Gasteiger partial charge < -0.3 is 19.9 Å². The lowest BCUT2D eigenvalue weighted by atomic mass is 10.1. The van der Waals surface area contributed by atoms with E-state index in [-0.39, 0.29) is 67.6 Å². The van der Waals surface area contributed by atoms with Crippen LogP contribution in [0.3, 0.4) is 0 Å². The van der Waals surface area contributed by atoms with Crippen LogP contribution in [-0.2, 0) is 12.4 Å². The third-order valence-corrected chi connectivity index (χ3v) is 6.79. The molecule has 0 fully saturated rings. The van der Waals surface area contributed by atoms with E-state index in [1.807, 2.05) is 0 Å². The molecule has 210 valence electrons. The van der Waals surface area contributed by atoms with Crippen LogP contribution in [0.1, 0.15) is 33.9 Å². The maximum atomic E-state index is 14.5. The molecule has 0 unspecified atom stereocenters. The molecule has 8 bridgehead atoms. The molecule has 7 rings (SSSR count). The van der Waals surface area contributed by atoms with Gasteiger partial charge in [0.05, 0.1) is 56.0 Å². The molecule has 7 heterocycles. The Morgan fingerprint density at radius 3 is 1.24 bits per heavy atom. The van der Waals surface area contributed by atoms with E-state index in [0.29, 0.717) is 0 Å². The number of aromatic nitrogens is 8. The minimum atomic E-state index is -4.82. The number of fused-ring (bicyclic) bond motifs is 8. The number of nitrogens with zero attached hydrogens (tertiary/aromatic N) is 4. The molecule has 0 atom stereocenters.